The molecule has 2 atom stereocenters. The summed E-state index contributed by atoms with van der Waals surface area (Å²) in [6, 6.07) is 10.1. The van der Waals surface area contributed by atoms with E-state index in [1.807, 2.05) is 30.3 Å². The molecule has 21 heavy (non-hydrogen) atoms. The van der Waals surface area contributed by atoms with Crippen LogP contribution in [-0.2, 0) is 10.4 Å². The lowest BCUT2D eigenvalue weighted by molar-refractivity contribution is -0.305. The van der Waals surface area contributed by atoms with Gasteiger partial charge in [-0.3, -0.25) is 0 Å². The lowest BCUT2D eigenvalue weighted by Gasteiger charge is -2.29. The molecule has 0 spiro atoms. The minimum Gasteiger partial charge on any atom is -0.550 e. The van der Waals surface area contributed by atoms with E-state index in [9.17, 15) is 15.0 Å². The number of carbonyl (C=O) groups excluding carboxylic acids is 1. The molecule has 0 bridgehead atoms. The lowest BCUT2D eigenvalue weighted by Crippen LogP contribution is -2.34. The fourth-order valence-electron chi connectivity index (χ4n) is 2.86. The number of likely N-dealkylation sites (N-methyl/N-ethyl adjacent to an activating group) is 1. The average Bonchev–Trinajstić information content (AvgIpc) is 2.76. The Morgan fingerprint density at radius 2 is 1.95 bits per heavy atom. The largest absolute Gasteiger partial charge is 0.550 e. The highest BCUT2D eigenvalue weighted by Gasteiger charge is 2.44. The topological polar surface area (TPSA) is 63.6 Å². The second kappa shape index (κ2) is 8.15. The molecule has 4 heteroatoms. The van der Waals surface area contributed by atoms with Gasteiger partial charge in [0.25, 0.3) is 0 Å². The van der Waals surface area contributed by atoms with Crippen LogP contribution in [0.25, 0.3) is 0 Å². The molecule has 2 unspecified atom stereocenters. The van der Waals surface area contributed by atoms with Crippen molar-refractivity contribution >= 4 is 5.97 Å². The molecule has 1 saturated heterocycles. The maximum atomic E-state index is 10.9. The molecule has 1 aliphatic rings. The fourth-order valence-corrected chi connectivity index (χ4v) is 2.86. The second-order valence-electron chi connectivity index (χ2n) is 5.70. The third-order valence-electron chi connectivity index (χ3n) is 3.92. The van der Waals surface area contributed by atoms with Gasteiger partial charge in [0.2, 0.25) is 0 Å². The molecule has 0 aromatic heterocycles. The number of likely N-dealkylation sites (tertiary alicyclic amines) is 1. The number of β-amino-alcohol motifs (C(OH)–C–C–N with tert-alkyl or cyclic N) is 1. The Labute approximate surface area is 127 Å². The number of aliphatic hydroxyl groups is 1. The maximum absolute atomic E-state index is 10.9. The van der Waals surface area contributed by atoms with Gasteiger partial charge in [-0.15, -0.1) is 0 Å². The summed E-state index contributed by atoms with van der Waals surface area (Å²) in [6.45, 7) is 5.47. The van der Waals surface area contributed by atoms with Crippen LogP contribution in [0.5, 0.6) is 0 Å². The quantitative estimate of drug-likeness (QED) is 0.910. The van der Waals surface area contributed by atoms with Gasteiger partial charge in [0.15, 0.2) is 0 Å². The lowest BCUT2D eigenvalue weighted by atomic mass is 9.82. The first kappa shape index (κ1) is 17.7. The first-order valence-electron chi connectivity index (χ1n) is 7.60. The van der Waals surface area contributed by atoms with Crippen molar-refractivity contribution in [3.05, 3.63) is 35.9 Å². The molecule has 0 aliphatic carbocycles. The number of rotatable bonds is 4. The predicted octanol–water partition coefficient (Wildman–Crippen LogP) is 1.38. The van der Waals surface area contributed by atoms with E-state index in [-0.39, 0.29) is 6.42 Å². The van der Waals surface area contributed by atoms with Crippen LogP contribution in [-0.4, -0.2) is 36.1 Å². The van der Waals surface area contributed by atoms with Gasteiger partial charge in [0.1, 0.15) is 5.60 Å². The summed E-state index contributed by atoms with van der Waals surface area (Å²) in [5, 5.41) is 20.1. The Hall–Kier alpha value is -1.39. The molecule has 1 heterocycles. The van der Waals surface area contributed by atoms with Crippen LogP contribution >= 0.6 is 0 Å². The number of carboxylic acid groups (broad SMARTS) is 1. The minimum atomic E-state index is -0.995. The zero-order valence-electron chi connectivity index (χ0n) is 13.2. The fraction of sp³-hybridized carbons (Fsp3) is 0.588. The van der Waals surface area contributed by atoms with Crippen LogP contribution in [0.15, 0.2) is 30.3 Å². The van der Waals surface area contributed by atoms with E-state index < -0.39 is 11.6 Å². The number of carbonyl (C=O) groups is 1. The van der Waals surface area contributed by atoms with Crippen molar-refractivity contribution in [1.29, 1.82) is 0 Å². The van der Waals surface area contributed by atoms with E-state index in [1.165, 1.54) is 6.92 Å². The maximum Gasteiger partial charge on any atom is 0.106 e. The van der Waals surface area contributed by atoms with Crippen LogP contribution < -0.4 is 5.11 Å². The van der Waals surface area contributed by atoms with Crippen molar-refractivity contribution in [3.63, 3.8) is 0 Å². The first-order chi connectivity index (χ1) is 9.93. The normalized spacial score (nSPS) is 25.2. The number of aliphatic carboxylic acids is 1. The molecule has 0 amide bonds. The van der Waals surface area contributed by atoms with Crippen LogP contribution in [0.2, 0.25) is 0 Å². The van der Waals surface area contributed by atoms with E-state index in [0.717, 1.165) is 31.5 Å². The molecule has 0 saturated carbocycles. The zero-order valence-corrected chi connectivity index (χ0v) is 13.2. The second-order valence-corrected chi connectivity index (χ2v) is 5.70. The molecule has 118 valence electrons. The van der Waals surface area contributed by atoms with Gasteiger partial charge in [-0.1, -0.05) is 50.6 Å². The number of hydrogen-bond donors (Lipinski definition) is 1. The van der Waals surface area contributed by atoms with E-state index in [2.05, 4.69) is 18.9 Å². The van der Waals surface area contributed by atoms with Crippen LogP contribution in [0, 0.1) is 5.92 Å². The highest BCUT2D eigenvalue weighted by molar-refractivity contribution is 5.63. The van der Waals surface area contributed by atoms with Crippen LogP contribution in [0.4, 0.5) is 0 Å². The van der Waals surface area contributed by atoms with Crippen molar-refractivity contribution in [2.24, 2.45) is 5.92 Å². The van der Waals surface area contributed by atoms with Gasteiger partial charge in [-0.05, 0) is 25.5 Å². The average molecular weight is 292 g/mol. The molecule has 1 aromatic rings. The van der Waals surface area contributed by atoms with Gasteiger partial charge in [0, 0.05) is 25.0 Å². The smallest absolute Gasteiger partial charge is 0.106 e. The standard InChI is InChI=1S/C14H21NO.C3H6O2/c1-3-7-13-10-15(2)11-14(13,16)12-8-5-4-6-9-12;1-2-3(4)5/h4-6,8-9,13,16H,3,7,10-11H2,1-2H3;2H2,1H3,(H,4,5)/p-1. The summed E-state index contributed by atoms with van der Waals surface area (Å²) < 4.78 is 0. The van der Waals surface area contributed by atoms with E-state index in [0.29, 0.717) is 5.92 Å². The van der Waals surface area contributed by atoms with Gasteiger partial charge in [-0.25, -0.2) is 0 Å². The third-order valence-corrected chi connectivity index (χ3v) is 3.92. The Balaban J connectivity index is 0.000000383. The van der Waals surface area contributed by atoms with Gasteiger partial charge < -0.3 is 19.9 Å². The Kier molecular flexibility index (Phi) is 6.85. The van der Waals surface area contributed by atoms with Crippen molar-refractivity contribution in [2.75, 3.05) is 20.1 Å². The van der Waals surface area contributed by atoms with Crippen molar-refractivity contribution < 1.29 is 15.0 Å². The van der Waals surface area contributed by atoms with Gasteiger partial charge in [0.05, 0.1) is 0 Å². The van der Waals surface area contributed by atoms with Crippen molar-refractivity contribution in [2.45, 2.75) is 38.7 Å². The molecule has 1 aliphatic heterocycles. The number of carboxylic acids is 1. The van der Waals surface area contributed by atoms with Gasteiger partial charge >= 0.3 is 0 Å². The van der Waals surface area contributed by atoms with E-state index >= 15 is 0 Å². The van der Waals surface area contributed by atoms with E-state index in [4.69, 9.17) is 0 Å². The van der Waals surface area contributed by atoms with E-state index in [1.54, 1.807) is 0 Å². The molecule has 1 N–H and O–H groups in total. The predicted molar refractivity (Wildman–Crippen MR) is 81.5 cm³/mol. The Morgan fingerprint density at radius 3 is 2.43 bits per heavy atom. The molecule has 1 fully saturated rings. The summed E-state index contributed by atoms with van der Waals surface area (Å²) in [6.07, 6.45) is 2.34. The summed E-state index contributed by atoms with van der Waals surface area (Å²) in [7, 11) is 2.09. The molecule has 1 aromatic carbocycles. The van der Waals surface area contributed by atoms with Crippen molar-refractivity contribution in [3.8, 4) is 0 Å². The van der Waals surface area contributed by atoms with Crippen LogP contribution in [0.1, 0.15) is 38.7 Å². The number of benzene rings is 1. The summed E-state index contributed by atoms with van der Waals surface area (Å²) in [5.74, 6) is -0.630. The number of hydrogen-bond acceptors (Lipinski definition) is 4. The highest BCUT2D eigenvalue weighted by atomic mass is 16.4. The molecule has 0 radical (unpaired) electrons. The van der Waals surface area contributed by atoms with Gasteiger partial charge in [-0.2, -0.15) is 0 Å². The minimum absolute atomic E-state index is 0.111. The molecule has 2 rings (SSSR count). The zero-order chi connectivity index (χ0) is 15.9. The summed E-state index contributed by atoms with van der Waals surface area (Å²) in [5.41, 5.74) is 0.421. The van der Waals surface area contributed by atoms with Crippen LogP contribution in [0.3, 0.4) is 0 Å². The summed E-state index contributed by atoms with van der Waals surface area (Å²) >= 11 is 0. The molecule has 4 nitrogen and oxygen atoms in total. The SMILES string of the molecule is CCC(=O)[O-].CCCC1CN(C)CC1(O)c1ccccc1. The number of nitrogens with zero attached hydrogens (tertiary/aromatic N) is 1. The third kappa shape index (κ3) is 4.83. The van der Waals surface area contributed by atoms with Crippen molar-refractivity contribution in [1.82, 2.24) is 4.90 Å². The molecular formula is C17H26NO3-. The monoisotopic (exact) mass is 292 g/mol. The Morgan fingerprint density at radius 1 is 1.38 bits per heavy atom. The first-order valence-corrected chi connectivity index (χ1v) is 7.60. The molecular weight excluding hydrogens is 266 g/mol. The highest BCUT2D eigenvalue weighted by Crippen LogP contribution is 2.38. The Bertz CT molecular complexity index is 435. The summed E-state index contributed by atoms with van der Waals surface area (Å²) in [4.78, 5) is 11.5.